The van der Waals surface area contributed by atoms with Gasteiger partial charge in [-0.3, -0.25) is 9.59 Å². The first-order valence-electron chi connectivity index (χ1n) is 4.27. The van der Waals surface area contributed by atoms with Crippen LogP contribution in [-0.2, 0) is 9.59 Å². The van der Waals surface area contributed by atoms with E-state index in [2.05, 4.69) is 5.32 Å². The average molecular weight is 187 g/mol. The highest BCUT2D eigenvalue weighted by molar-refractivity contribution is 5.77. The maximum absolute atomic E-state index is 10.6. The monoisotopic (exact) mass is 187 g/mol. The van der Waals surface area contributed by atoms with Crippen molar-refractivity contribution in [3.05, 3.63) is 0 Å². The number of hydrogen-bond acceptors (Lipinski definition) is 3. The van der Waals surface area contributed by atoms with Crippen LogP contribution in [0, 0.1) is 5.92 Å². The Morgan fingerprint density at radius 1 is 1.38 bits per heavy atom. The number of hydrogen-bond donors (Lipinski definition) is 3. The second-order valence-electron chi connectivity index (χ2n) is 3.32. The van der Waals surface area contributed by atoms with E-state index in [1.54, 1.807) is 0 Å². The number of carboxylic acid groups (broad SMARTS) is 2. The SMILES string of the molecule is O=C(O)CC(CNC1CC1)C(=O)O. The van der Waals surface area contributed by atoms with E-state index >= 15 is 0 Å². The lowest BCUT2D eigenvalue weighted by Gasteiger charge is -2.09. The summed E-state index contributed by atoms with van der Waals surface area (Å²) < 4.78 is 0. The molecule has 0 aliphatic heterocycles. The van der Waals surface area contributed by atoms with Gasteiger partial charge in [0.05, 0.1) is 12.3 Å². The van der Waals surface area contributed by atoms with Crippen LogP contribution in [0.3, 0.4) is 0 Å². The van der Waals surface area contributed by atoms with Crippen molar-refractivity contribution in [1.29, 1.82) is 0 Å². The normalized spacial score (nSPS) is 18.2. The molecule has 5 nitrogen and oxygen atoms in total. The zero-order valence-electron chi connectivity index (χ0n) is 7.19. The maximum atomic E-state index is 10.6. The fourth-order valence-corrected chi connectivity index (χ4v) is 1.05. The van der Waals surface area contributed by atoms with Crippen LogP contribution in [0.4, 0.5) is 0 Å². The number of carboxylic acids is 2. The first-order valence-corrected chi connectivity index (χ1v) is 4.27. The summed E-state index contributed by atoms with van der Waals surface area (Å²) in [4.78, 5) is 20.8. The molecule has 1 aliphatic carbocycles. The summed E-state index contributed by atoms with van der Waals surface area (Å²) in [5.74, 6) is -2.92. The average Bonchev–Trinajstić information content (AvgIpc) is 2.79. The van der Waals surface area contributed by atoms with Gasteiger partial charge in [0.25, 0.3) is 0 Å². The number of nitrogens with one attached hydrogen (secondary N) is 1. The van der Waals surface area contributed by atoms with Crippen molar-refractivity contribution >= 4 is 11.9 Å². The third-order valence-corrected chi connectivity index (χ3v) is 2.00. The van der Waals surface area contributed by atoms with Gasteiger partial charge in [0, 0.05) is 12.6 Å². The Bertz CT molecular complexity index is 212. The molecule has 3 N–H and O–H groups in total. The Balaban J connectivity index is 2.27. The number of rotatable bonds is 6. The topological polar surface area (TPSA) is 86.6 Å². The van der Waals surface area contributed by atoms with Gasteiger partial charge in [0.2, 0.25) is 0 Å². The fraction of sp³-hybridized carbons (Fsp3) is 0.750. The molecule has 0 aromatic carbocycles. The molecule has 1 atom stereocenters. The number of carbonyl (C=O) groups is 2. The molecule has 0 aromatic rings. The van der Waals surface area contributed by atoms with Gasteiger partial charge in [-0.2, -0.15) is 0 Å². The van der Waals surface area contributed by atoms with Crippen molar-refractivity contribution in [3.8, 4) is 0 Å². The highest BCUT2D eigenvalue weighted by Gasteiger charge is 2.25. The third-order valence-electron chi connectivity index (χ3n) is 2.00. The summed E-state index contributed by atoms with van der Waals surface area (Å²) in [6, 6.07) is 0.413. The van der Waals surface area contributed by atoms with Gasteiger partial charge in [-0.1, -0.05) is 0 Å². The van der Waals surface area contributed by atoms with Gasteiger partial charge in [-0.05, 0) is 12.8 Å². The second kappa shape index (κ2) is 4.23. The lowest BCUT2D eigenvalue weighted by molar-refractivity contribution is -0.148. The molecule has 0 spiro atoms. The third kappa shape index (κ3) is 3.89. The minimum absolute atomic E-state index is 0.256. The molecule has 1 unspecified atom stereocenters. The summed E-state index contributed by atoms with van der Waals surface area (Å²) in [5.41, 5.74) is 0. The summed E-state index contributed by atoms with van der Waals surface area (Å²) in [6.45, 7) is 0.256. The van der Waals surface area contributed by atoms with Gasteiger partial charge in [-0.25, -0.2) is 0 Å². The van der Waals surface area contributed by atoms with Crippen LogP contribution in [-0.4, -0.2) is 34.7 Å². The Kier molecular flexibility index (Phi) is 3.25. The lowest BCUT2D eigenvalue weighted by Crippen LogP contribution is -2.31. The molecule has 1 saturated carbocycles. The second-order valence-corrected chi connectivity index (χ2v) is 3.32. The minimum Gasteiger partial charge on any atom is -0.481 e. The molecule has 1 rings (SSSR count). The molecule has 5 heteroatoms. The van der Waals surface area contributed by atoms with E-state index in [0.29, 0.717) is 6.04 Å². The summed E-state index contributed by atoms with van der Waals surface area (Å²) >= 11 is 0. The molecule has 1 fully saturated rings. The van der Waals surface area contributed by atoms with E-state index in [4.69, 9.17) is 10.2 Å². The molecule has 0 radical (unpaired) electrons. The predicted octanol–water partition coefficient (Wildman–Crippen LogP) is -0.0861. The van der Waals surface area contributed by atoms with Gasteiger partial charge in [0.15, 0.2) is 0 Å². The molecule has 0 saturated heterocycles. The Morgan fingerprint density at radius 3 is 2.38 bits per heavy atom. The zero-order valence-corrected chi connectivity index (χ0v) is 7.19. The van der Waals surface area contributed by atoms with Gasteiger partial charge in [-0.15, -0.1) is 0 Å². The van der Waals surface area contributed by atoms with Crippen LogP contribution in [0.1, 0.15) is 19.3 Å². The standard InChI is InChI=1S/C8H13NO4/c10-7(11)3-5(8(12)13)4-9-6-1-2-6/h5-6,9H,1-4H2,(H,10,11)(H,12,13). The van der Waals surface area contributed by atoms with Crippen molar-refractivity contribution in [3.63, 3.8) is 0 Å². The van der Waals surface area contributed by atoms with Gasteiger partial charge < -0.3 is 15.5 Å². The van der Waals surface area contributed by atoms with Crippen molar-refractivity contribution in [1.82, 2.24) is 5.32 Å². The highest BCUT2D eigenvalue weighted by atomic mass is 16.4. The van der Waals surface area contributed by atoms with E-state index < -0.39 is 17.9 Å². The van der Waals surface area contributed by atoms with Crippen LogP contribution in [0.5, 0.6) is 0 Å². The first kappa shape index (κ1) is 9.98. The smallest absolute Gasteiger partial charge is 0.308 e. The summed E-state index contributed by atoms with van der Waals surface area (Å²) in [7, 11) is 0. The van der Waals surface area contributed by atoms with E-state index in [-0.39, 0.29) is 13.0 Å². The Morgan fingerprint density at radius 2 is 2.00 bits per heavy atom. The van der Waals surface area contributed by atoms with Crippen molar-refractivity contribution in [2.75, 3.05) is 6.54 Å². The quantitative estimate of drug-likeness (QED) is 0.541. The zero-order chi connectivity index (χ0) is 9.84. The maximum Gasteiger partial charge on any atom is 0.308 e. The molecular weight excluding hydrogens is 174 g/mol. The van der Waals surface area contributed by atoms with Gasteiger partial charge in [0.1, 0.15) is 0 Å². The Hall–Kier alpha value is -1.10. The molecule has 0 aromatic heterocycles. The molecule has 13 heavy (non-hydrogen) atoms. The van der Waals surface area contributed by atoms with E-state index in [1.807, 2.05) is 0 Å². The van der Waals surface area contributed by atoms with Crippen molar-refractivity contribution in [2.45, 2.75) is 25.3 Å². The fourth-order valence-electron chi connectivity index (χ4n) is 1.05. The molecule has 74 valence electrons. The molecule has 0 heterocycles. The van der Waals surface area contributed by atoms with Crippen molar-refractivity contribution < 1.29 is 19.8 Å². The number of aliphatic carboxylic acids is 2. The van der Waals surface area contributed by atoms with Crippen LogP contribution >= 0.6 is 0 Å². The highest BCUT2D eigenvalue weighted by Crippen LogP contribution is 2.19. The van der Waals surface area contributed by atoms with Crippen LogP contribution in [0.15, 0.2) is 0 Å². The van der Waals surface area contributed by atoms with E-state index in [9.17, 15) is 9.59 Å². The first-order chi connectivity index (χ1) is 6.09. The minimum atomic E-state index is -1.06. The largest absolute Gasteiger partial charge is 0.481 e. The molecular formula is C8H13NO4. The lowest BCUT2D eigenvalue weighted by atomic mass is 10.1. The summed E-state index contributed by atoms with van der Waals surface area (Å²) in [5, 5.41) is 20.1. The molecule has 1 aliphatic rings. The molecule has 0 bridgehead atoms. The van der Waals surface area contributed by atoms with Crippen LogP contribution in [0.25, 0.3) is 0 Å². The molecule has 0 amide bonds. The predicted molar refractivity (Wildman–Crippen MR) is 44.4 cm³/mol. The van der Waals surface area contributed by atoms with Crippen molar-refractivity contribution in [2.24, 2.45) is 5.92 Å². The van der Waals surface area contributed by atoms with Crippen LogP contribution < -0.4 is 5.32 Å². The Labute approximate surface area is 75.7 Å². The van der Waals surface area contributed by atoms with E-state index in [1.165, 1.54) is 0 Å². The summed E-state index contributed by atoms with van der Waals surface area (Å²) in [6.07, 6.45) is 1.83. The van der Waals surface area contributed by atoms with Crippen LogP contribution in [0.2, 0.25) is 0 Å². The van der Waals surface area contributed by atoms with E-state index in [0.717, 1.165) is 12.8 Å². The van der Waals surface area contributed by atoms with Gasteiger partial charge >= 0.3 is 11.9 Å².